The maximum atomic E-state index is 10.9. The molecular weight excluding hydrogens is 172 g/mol. The number of rotatable bonds is 5. The van der Waals surface area contributed by atoms with E-state index in [9.17, 15) is 4.79 Å². The number of alkyl carbamates (subject to hydrolysis) is 1. The van der Waals surface area contributed by atoms with Crippen molar-refractivity contribution in [3.8, 4) is 0 Å². The van der Waals surface area contributed by atoms with Crippen LogP contribution in [0.4, 0.5) is 4.79 Å². The molecule has 0 spiro atoms. The maximum Gasteiger partial charge on any atom is 0.407 e. The molecule has 0 saturated heterocycles. The van der Waals surface area contributed by atoms with Crippen molar-refractivity contribution in [3.05, 3.63) is 0 Å². The molecular formula is C8H18N2O3. The Morgan fingerprint density at radius 1 is 1.62 bits per heavy atom. The van der Waals surface area contributed by atoms with Crippen LogP contribution in [0, 0.1) is 0 Å². The molecule has 0 aliphatic carbocycles. The molecule has 78 valence electrons. The highest BCUT2D eigenvalue weighted by molar-refractivity contribution is 5.67. The van der Waals surface area contributed by atoms with E-state index >= 15 is 0 Å². The van der Waals surface area contributed by atoms with Gasteiger partial charge in [-0.3, -0.25) is 0 Å². The van der Waals surface area contributed by atoms with Gasteiger partial charge in [0, 0.05) is 12.6 Å². The van der Waals surface area contributed by atoms with Crippen molar-refractivity contribution in [2.45, 2.75) is 13.0 Å². The monoisotopic (exact) mass is 190 g/mol. The summed E-state index contributed by atoms with van der Waals surface area (Å²) in [5.41, 5.74) is 0. The molecule has 5 nitrogen and oxygen atoms in total. The number of aliphatic hydroxyl groups is 1. The van der Waals surface area contributed by atoms with Gasteiger partial charge in [0.2, 0.25) is 0 Å². The Hall–Kier alpha value is -0.810. The Morgan fingerprint density at radius 3 is 2.69 bits per heavy atom. The molecule has 0 saturated carbocycles. The molecule has 13 heavy (non-hydrogen) atoms. The van der Waals surface area contributed by atoms with Crippen LogP contribution in [0.25, 0.3) is 0 Å². The summed E-state index contributed by atoms with van der Waals surface area (Å²) < 4.78 is 4.62. The number of nitrogens with one attached hydrogen (secondary N) is 1. The first-order valence-corrected chi connectivity index (χ1v) is 4.25. The molecule has 0 rings (SSSR count). The van der Waals surface area contributed by atoms with Gasteiger partial charge in [0.05, 0.1) is 6.61 Å². The van der Waals surface area contributed by atoms with Crippen LogP contribution in [0.5, 0.6) is 0 Å². The van der Waals surface area contributed by atoms with Crippen molar-refractivity contribution in [1.82, 2.24) is 10.2 Å². The molecule has 0 fully saturated rings. The fourth-order valence-corrected chi connectivity index (χ4v) is 0.975. The number of hydrogen-bond donors (Lipinski definition) is 2. The van der Waals surface area contributed by atoms with Gasteiger partial charge in [0.1, 0.15) is 6.61 Å². The fraction of sp³-hybridized carbons (Fsp3) is 0.875. The second-order valence-electron chi connectivity index (χ2n) is 3.17. The van der Waals surface area contributed by atoms with Gasteiger partial charge in [0.25, 0.3) is 0 Å². The van der Waals surface area contributed by atoms with Crippen LogP contribution < -0.4 is 5.32 Å². The Labute approximate surface area is 78.7 Å². The van der Waals surface area contributed by atoms with E-state index in [-0.39, 0.29) is 19.3 Å². The Kier molecular flexibility index (Phi) is 6.26. The standard InChI is InChI=1S/C8H18N2O3/c1-7(6-10(2)3)9-8(12)13-5-4-11/h7,11H,4-6H2,1-3H3,(H,9,12). The number of likely N-dealkylation sites (N-methyl/N-ethyl adjacent to an activating group) is 1. The summed E-state index contributed by atoms with van der Waals surface area (Å²) in [5, 5.41) is 11.0. The lowest BCUT2D eigenvalue weighted by Crippen LogP contribution is -2.40. The van der Waals surface area contributed by atoms with E-state index < -0.39 is 6.09 Å². The van der Waals surface area contributed by atoms with E-state index in [1.165, 1.54) is 0 Å². The Bertz CT molecular complexity index is 150. The smallest absolute Gasteiger partial charge is 0.407 e. The van der Waals surface area contributed by atoms with Crippen molar-refractivity contribution >= 4 is 6.09 Å². The first kappa shape index (κ1) is 12.2. The van der Waals surface area contributed by atoms with Crippen LogP contribution in [0.1, 0.15) is 6.92 Å². The molecule has 0 bridgehead atoms. The van der Waals surface area contributed by atoms with Crippen LogP contribution in [0.2, 0.25) is 0 Å². The van der Waals surface area contributed by atoms with Crippen molar-refractivity contribution in [2.24, 2.45) is 0 Å². The summed E-state index contributed by atoms with van der Waals surface area (Å²) >= 11 is 0. The largest absolute Gasteiger partial charge is 0.447 e. The zero-order valence-electron chi connectivity index (χ0n) is 8.41. The van der Waals surface area contributed by atoms with Crippen LogP contribution >= 0.6 is 0 Å². The van der Waals surface area contributed by atoms with Gasteiger partial charge in [0.15, 0.2) is 0 Å². The average molecular weight is 190 g/mol. The molecule has 0 aromatic heterocycles. The van der Waals surface area contributed by atoms with Crippen molar-refractivity contribution in [1.29, 1.82) is 0 Å². The number of aliphatic hydroxyl groups excluding tert-OH is 1. The van der Waals surface area contributed by atoms with E-state index in [0.29, 0.717) is 0 Å². The van der Waals surface area contributed by atoms with E-state index in [1.54, 1.807) is 0 Å². The third kappa shape index (κ3) is 7.55. The van der Waals surface area contributed by atoms with Gasteiger partial charge in [-0.1, -0.05) is 0 Å². The number of carbonyl (C=O) groups excluding carboxylic acids is 1. The van der Waals surface area contributed by atoms with Crippen molar-refractivity contribution in [2.75, 3.05) is 33.9 Å². The van der Waals surface area contributed by atoms with Crippen LogP contribution in [-0.2, 0) is 4.74 Å². The number of carbonyl (C=O) groups is 1. The minimum absolute atomic E-state index is 0.0422. The van der Waals surface area contributed by atoms with E-state index in [0.717, 1.165) is 6.54 Å². The molecule has 1 amide bonds. The van der Waals surface area contributed by atoms with Gasteiger partial charge < -0.3 is 20.1 Å². The Balaban J connectivity index is 3.53. The second-order valence-corrected chi connectivity index (χ2v) is 3.17. The summed E-state index contributed by atoms with van der Waals surface area (Å²) in [7, 11) is 3.86. The second kappa shape index (κ2) is 6.68. The highest BCUT2D eigenvalue weighted by atomic mass is 16.6. The SMILES string of the molecule is CC(CN(C)C)NC(=O)OCCO. The molecule has 5 heteroatoms. The molecule has 0 heterocycles. The van der Waals surface area contributed by atoms with Crippen LogP contribution in [-0.4, -0.2) is 56.0 Å². The zero-order chi connectivity index (χ0) is 10.3. The van der Waals surface area contributed by atoms with Crippen molar-refractivity contribution < 1.29 is 14.6 Å². The molecule has 0 aliphatic heterocycles. The summed E-state index contributed by atoms with van der Waals surface area (Å²) in [6.07, 6.45) is -0.483. The third-order valence-electron chi connectivity index (χ3n) is 1.33. The Morgan fingerprint density at radius 2 is 2.23 bits per heavy atom. The predicted octanol–water partition coefficient (Wildman–Crippen LogP) is -0.345. The van der Waals surface area contributed by atoms with Gasteiger partial charge in [-0.2, -0.15) is 0 Å². The molecule has 0 aromatic carbocycles. The lowest BCUT2D eigenvalue weighted by atomic mass is 10.3. The zero-order valence-corrected chi connectivity index (χ0v) is 8.41. The van der Waals surface area contributed by atoms with Gasteiger partial charge in [-0.05, 0) is 21.0 Å². The quantitative estimate of drug-likeness (QED) is 0.622. The van der Waals surface area contributed by atoms with E-state index in [4.69, 9.17) is 5.11 Å². The highest BCUT2D eigenvalue weighted by Crippen LogP contribution is 1.86. The topological polar surface area (TPSA) is 61.8 Å². The minimum Gasteiger partial charge on any atom is -0.447 e. The molecule has 1 unspecified atom stereocenters. The highest BCUT2D eigenvalue weighted by Gasteiger charge is 2.07. The fourth-order valence-electron chi connectivity index (χ4n) is 0.975. The van der Waals surface area contributed by atoms with E-state index in [1.807, 2.05) is 25.9 Å². The third-order valence-corrected chi connectivity index (χ3v) is 1.33. The summed E-state index contributed by atoms with van der Waals surface area (Å²) in [6, 6.07) is 0.0428. The number of amides is 1. The number of hydrogen-bond acceptors (Lipinski definition) is 4. The lowest BCUT2D eigenvalue weighted by Gasteiger charge is -2.17. The summed E-state index contributed by atoms with van der Waals surface area (Å²) in [6.45, 7) is 2.55. The molecule has 0 radical (unpaired) electrons. The maximum absolute atomic E-state index is 10.9. The van der Waals surface area contributed by atoms with Crippen LogP contribution in [0.3, 0.4) is 0 Å². The average Bonchev–Trinajstić information content (AvgIpc) is 1.98. The predicted molar refractivity (Wildman–Crippen MR) is 49.6 cm³/mol. The first-order valence-electron chi connectivity index (χ1n) is 4.25. The molecule has 0 aromatic rings. The summed E-state index contributed by atoms with van der Waals surface area (Å²) in [5.74, 6) is 0. The summed E-state index contributed by atoms with van der Waals surface area (Å²) in [4.78, 5) is 12.9. The van der Waals surface area contributed by atoms with Gasteiger partial charge in [-0.15, -0.1) is 0 Å². The van der Waals surface area contributed by atoms with Crippen molar-refractivity contribution in [3.63, 3.8) is 0 Å². The minimum atomic E-state index is -0.483. The normalized spacial score (nSPS) is 12.7. The first-order chi connectivity index (χ1) is 6.06. The van der Waals surface area contributed by atoms with E-state index in [2.05, 4.69) is 10.1 Å². The molecule has 1 atom stereocenters. The van der Waals surface area contributed by atoms with Crippen LogP contribution in [0.15, 0.2) is 0 Å². The number of ether oxygens (including phenoxy) is 1. The molecule has 2 N–H and O–H groups in total. The number of nitrogens with zero attached hydrogens (tertiary/aromatic N) is 1. The molecule has 0 aliphatic rings. The van der Waals surface area contributed by atoms with Gasteiger partial charge >= 0.3 is 6.09 Å². The lowest BCUT2D eigenvalue weighted by molar-refractivity contribution is 0.115. The van der Waals surface area contributed by atoms with Gasteiger partial charge in [-0.25, -0.2) is 4.79 Å².